The van der Waals surface area contributed by atoms with Crippen LogP contribution in [0.2, 0.25) is 5.02 Å². The highest BCUT2D eigenvalue weighted by atomic mass is 35.5. The first kappa shape index (κ1) is 16.1. The Hall–Kier alpha value is -2.39. The minimum Gasteiger partial charge on any atom is -0.338 e. The van der Waals surface area contributed by atoms with E-state index in [0.717, 1.165) is 45.8 Å². The number of imidazole rings is 1. The molecule has 0 aliphatic heterocycles. The third-order valence-corrected chi connectivity index (χ3v) is 4.94. The van der Waals surface area contributed by atoms with Crippen molar-refractivity contribution in [2.24, 2.45) is 5.92 Å². The zero-order chi connectivity index (χ0) is 17.2. The Morgan fingerprint density at radius 3 is 2.88 bits per heavy atom. The fourth-order valence-corrected chi connectivity index (χ4v) is 3.44. The second-order valence-electron chi connectivity index (χ2n) is 6.38. The summed E-state index contributed by atoms with van der Waals surface area (Å²) in [5, 5.41) is 0.735. The topological polar surface area (TPSA) is 28.7 Å². The largest absolute Gasteiger partial charge is 0.338 e. The van der Waals surface area contributed by atoms with Crippen molar-refractivity contribution in [3.63, 3.8) is 0 Å². The van der Waals surface area contributed by atoms with Gasteiger partial charge in [0, 0.05) is 10.6 Å². The van der Waals surface area contributed by atoms with E-state index in [2.05, 4.69) is 22.1 Å². The van der Waals surface area contributed by atoms with Crippen LogP contribution in [-0.4, -0.2) is 9.97 Å². The van der Waals surface area contributed by atoms with Crippen molar-refractivity contribution in [3.8, 4) is 11.1 Å². The molecule has 1 N–H and O–H groups in total. The van der Waals surface area contributed by atoms with E-state index < -0.39 is 0 Å². The minimum absolute atomic E-state index is 0.0143. The Balaban J connectivity index is 1.59. The first-order valence-corrected chi connectivity index (χ1v) is 8.84. The molecule has 25 heavy (non-hydrogen) atoms. The number of nitrogens with zero attached hydrogens (tertiary/aromatic N) is 1. The average molecular weight is 353 g/mol. The second-order valence-corrected chi connectivity index (χ2v) is 6.79. The molecule has 0 fully saturated rings. The lowest BCUT2D eigenvalue weighted by atomic mass is 9.93. The van der Waals surface area contributed by atoms with Crippen LogP contribution in [0.15, 0.2) is 60.4 Å². The van der Waals surface area contributed by atoms with E-state index >= 15 is 0 Å². The van der Waals surface area contributed by atoms with Gasteiger partial charge in [-0.1, -0.05) is 48.0 Å². The lowest BCUT2D eigenvalue weighted by Crippen LogP contribution is -2.00. The van der Waals surface area contributed by atoms with E-state index in [4.69, 9.17) is 11.6 Å². The van der Waals surface area contributed by atoms with Crippen LogP contribution in [0.4, 0.5) is 4.39 Å². The maximum Gasteiger partial charge on any atom is 0.130 e. The predicted octanol–water partition coefficient (Wildman–Crippen LogP) is 6.55. The van der Waals surface area contributed by atoms with Gasteiger partial charge in [0.1, 0.15) is 5.82 Å². The van der Waals surface area contributed by atoms with Crippen molar-refractivity contribution in [3.05, 3.63) is 71.3 Å². The first-order chi connectivity index (χ1) is 12.2. The standard InChI is InChI=1S/C21H18ClFN2/c22-18-4-2-1-3-17(18)15-8-11-19-20(13-15)25-21(24-19)12-7-14-5-9-16(23)10-6-14/h1-4,7-9,11-14H,5-6,10H2,(H,24,25)/b12-7+. The van der Waals surface area contributed by atoms with Gasteiger partial charge < -0.3 is 4.98 Å². The summed E-state index contributed by atoms with van der Waals surface area (Å²) >= 11 is 6.29. The highest BCUT2D eigenvalue weighted by Crippen LogP contribution is 2.30. The van der Waals surface area contributed by atoms with Gasteiger partial charge in [-0.3, -0.25) is 0 Å². The molecule has 1 aromatic heterocycles. The molecule has 0 saturated carbocycles. The van der Waals surface area contributed by atoms with Crippen LogP contribution in [0.1, 0.15) is 25.1 Å². The van der Waals surface area contributed by atoms with E-state index in [1.807, 2.05) is 42.5 Å². The molecule has 0 amide bonds. The average Bonchev–Trinajstić information content (AvgIpc) is 3.04. The van der Waals surface area contributed by atoms with Gasteiger partial charge in [0.15, 0.2) is 0 Å². The summed E-state index contributed by atoms with van der Waals surface area (Å²) in [6.45, 7) is 0. The lowest BCUT2D eigenvalue weighted by Gasteiger charge is -2.14. The van der Waals surface area contributed by atoms with Gasteiger partial charge in [0.2, 0.25) is 0 Å². The maximum atomic E-state index is 13.1. The Bertz CT molecular complexity index is 971. The summed E-state index contributed by atoms with van der Waals surface area (Å²) in [5.74, 6) is 1.22. The molecule has 126 valence electrons. The molecule has 1 aliphatic carbocycles. The number of H-pyrrole nitrogens is 1. The zero-order valence-electron chi connectivity index (χ0n) is 13.7. The Kier molecular flexibility index (Phi) is 4.41. The van der Waals surface area contributed by atoms with Crippen molar-refractivity contribution in [1.29, 1.82) is 0 Å². The van der Waals surface area contributed by atoms with Crippen molar-refractivity contribution >= 4 is 28.7 Å². The van der Waals surface area contributed by atoms with Gasteiger partial charge in [0.25, 0.3) is 0 Å². The number of hydrogen-bond donors (Lipinski definition) is 1. The molecule has 4 rings (SSSR count). The van der Waals surface area contributed by atoms with Crippen molar-refractivity contribution in [1.82, 2.24) is 9.97 Å². The number of fused-ring (bicyclic) bond motifs is 1. The van der Waals surface area contributed by atoms with Crippen LogP contribution >= 0.6 is 11.6 Å². The summed E-state index contributed by atoms with van der Waals surface area (Å²) in [6, 6.07) is 13.9. The minimum atomic E-state index is 0.0143. The maximum absolute atomic E-state index is 13.1. The van der Waals surface area contributed by atoms with Gasteiger partial charge >= 0.3 is 0 Å². The molecular weight excluding hydrogens is 335 g/mol. The number of aromatic amines is 1. The number of benzene rings is 2. The molecule has 4 heteroatoms. The van der Waals surface area contributed by atoms with Crippen LogP contribution in [0, 0.1) is 5.92 Å². The fraction of sp³-hybridized carbons (Fsp3) is 0.190. The number of allylic oxidation sites excluding steroid dienone is 3. The smallest absolute Gasteiger partial charge is 0.130 e. The molecule has 3 aromatic rings. The summed E-state index contributed by atoms with van der Waals surface area (Å²) in [7, 11) is 0. The van der Waals surface area contributed by atoms with Gasteiger partial charge in [0.05, 0.1) is 16.9 Å². The van der Waals surface area contributed by atoms with Crippen LogP contribution in [0.5, 0.6) is 0 Å². The van der Waals surface area contributed by atoms with Crippen LogP contribution < -0.4 is 0 Å². The highest BCUT2D eigenvalue weighted by molar-refractivity contribution is 6.33. The van der Waals surface area contributed by atoms with Crippen LogP contribution in [0.25, 0.3) is 28.2 Å². The fourth-order valence-electron chi connectivity index (χ4n) is 3.20. The van der Waals surface area contributed by atoms with E-state index in [1.54, 1.807) is 6.08 Å². The van der Waals surface area contributed by atoms with Gasteiger partial charge in [-0.15, -0.1) is 0 Å². The molecule has 1 aliphatic rings. The highest BCUT2D eigenvalue weighted by Gasteiger charge is 2.12. The van der Waals surface area contributed by atoms with E-state index in [-0.39, 0.29) is 5.83 Å². The molecule has 0 saturated heterocycles. The molecule has 1 atom stereocenters. The van der Waals surface area contributed by atoms with E-state index in [1.165, 1.54) is 0 Å². The van der Waals surface area contributed by atoms with Gasteiger partial charge in [-0.05, 0) is 55.0 Å². The van der Waals surface area contributed by atoms with Gasteiger partial charge in [-0.25, -0.2) is 9.37 Å². The third-order valence-electron chi connectivity index (χ3n) is 4.61. The van der Waals surface area contributed by atoms with E-state index in [9.17, 15) is 4.39 Å². The van der Waals surface area contributed by atoms with E-state index in [0.29, 0.717) is 12.3 Å². The molecule has 0 bridgehead atoms. The van der Waals surface area contributed by atoms with Crippen LogP contribution in [-0.2, 0) is 0 Å². The molecule has 0 radical (unpaired) electrons. The first-order valence-electron chi connectivity index (χ1n) is 8.46. The van der Waals surface area contributed by atoms with Gasteiger partial charge in [-0.2, -0.15) is 0 Å². The van der Waals surface area contributed by atoms with Crippen molar-refractivity contribution in [2.75, 3.05) is 0 Å². The number of hydrogen-bond acceptors (Lipinski definition) is 1. The Labute approximate surface area is 151 Å². The molecule has 1 unspecified atom stereocenters. The van der Waals surface area contributed by atoms with Crippen molar-refractivity contribution in [2.45, 2.75) is 19.3 Å². The molecule has 2 nitrogen and oxygen atoms in total. The molecular formula is C21H18ClFN2. The Morgan fingerprint density at radius 1 is 1.20 bits per heavy atom. The van der Waals surface area contributed by atoms with Crippen molar-refractivity contribution < 1.29 is 4.39 Å². The Morgan fingerprint density at radius 2 is 2.08 bits per heavy atom. The number of halogens is 2. The quantitative estimate of drug-likeness (QED) is 0.568. The SMILES string of the molecule is FC1=CCC(/C=C/c2nc3ccc(-c4ccccc4Cl)cc3[nH]2)CC1. The molecule has 2 aromatic carbocycles. The predicted molar refractivity (Wildman–Crippen MR) is 102 cm³/mol. The number of aromatic nitrogens is 2. The summed E-state index contributed by atoms with van der Waals surface area (Å²) in [5.41, 5.74) is 3.97. The second kappa shape index (κ2) is 6.85. The normalized spacial score (nSPS) is 18.0. The zero-order valence-corrected chi connectivity index (χ0v) is 14.4. The number of nitrogens with one attached hydrogen (secondary N) is 1. The summed E-state index contributed by atoms with van der Waals surface area (Å²) in [6.07, 6.45) is 7.96. The third kappa shape index (κ3) is 3.52. The number of rotatable bonds is 3. The summed E-state index contributed by atoms with van der Waals surface area (Å²) < 4.78 is 13.1. The monoisotopic (exact) mass is 352 g/mol. The summed E-state index contributed by atoms with van der Waals surface area (Å²) in [4.78, 5) is 7.95. The molecule has 0 spiro atoms. The molecule has 1 heterocycles. The van der Waals surface area contributed by atoms with Crippen LogP contribution in [0.3, 0.4) is 0 Å². The lowest BCUT2D eigenvalue weighted by molar-refractivity contribution is 0.481.